The second-order valence-electron chi connectivity index (χ2n) is 9.49. The van der Waals surface area contributed by atoms with Gasteiger partial charge in [0.15, 0.2) is 0 Å². The summed E-state index contributed by atoms with van der Waals surface area (Å²) in [4.78, 5) is 78.4. The molecule has 0 saturated carbocycles. The topological polar surface area (TPSA) is 153 Å². The first-order valence-corrected chi connectivity index (χ1v) is 11.7. The van der Waals surface area contributed by atoms with Crippen LogP contribution in [0.2, 0.25) is 0 Å². The van der Waals surface area contributed by atoms with E-state index in [9.17, 15) is 28.8 Å². The average Bonchev–Trinajstić information content (AvgIpc) is 2.78. The number of likely N-dealkylation sites (N-methyl/N-ethyl adjacent to an activating group) is 2. The summed E-state index contributed by atoms with van der Waals surface area (Å²) in [5.74, 6) is -1.24. The standard InChI is InChI=1S/C23H42N6O6/c1-10-16(20(32)26(6)17(19(24)31)13-15(4)5)27(7)21(33)25-22(34)29(9)23(35)28(8)18(30)12-11-14(2)3/h14-17H,10-13H2,1-9H3,(H2,24,31)(H,25,33,34)/t16-,17+/m1/s1. The second kappa shape index (κ2) is 14.3. The van der Waals surface area contributed by atoms with Crippen molar-refractivity contribution in [3.63, 3.8) is 0 Å². The van der Waals surface area contributed by atoms with Crippen molar-refractivity contribution in [2.45, 2.75) is 72.4 Å². The van der Waals surface area contributed by atoms with Crippen molar-refractivity contribution in [3.8, 4) is 0 Å². The van der Waals surface area contributed by atoms with Crippen molar-refractivity contribution < 1.29 is 28.8 Å². The van der Waals surface area contributed by atoms with Crippen LogP contribution in [0.3, 0.4) is 0 Å². The van der Waals surface area contributed by atoms with Crippen molar-refractivity contribution in [2.75, 3.05) is 28.2 Å². The Kier molecular flexibility index (Phi) is 13.0. The molecule has 2 atom stereocenters. The highest BCUT2D eigenvalue weighted by Gasteiger charge is 2.34. The first-order valence-electron chi connectivity index (χ1n) is 11.7. The molecule has 200 valence electrons. The van der Waals surface area contributed by atoms with Gasteiger partial charge < -0.3 is 15.5 Å². The number of nitrogens with two attached hydrogens (primary N) is 1. The first-order chi connectivity index (χ1) is 16.1. The van der Waals surface area contributed by atoms with E-state index >= 15 is 0 Å². The predicted octanol–water partition coefficient (Wildman–Crippen LogP) is 1.83. The van der Waals surface area contributed by atoms with E-state index in [1.165, 1.54) is 26.0 Å². The molecule has 0 heterocycles. The van der Waals surface area contributed by atoms with E-state index in [1.807, 2.05) is 27.7 Å². The molecule has 0 saturated heterocycles. The number of hydrogen-bond donors (Lipinski definition) is 2. The average molecular weight is 499 g/mol. The molecule has 0 aliphatic carbocycles. The van der Waals surface area contributed by atoms with Gasteiger partial charge in [0.05, 0.1) is 0 Å². The van der Waals surface area contributed by atoms with Gasteiger partial charge >= 0.3 is 18.1 Å². The molecule has 0 bridgehead atoms. The van der Waals surface area contributed by atoms with Crippen LogP contribution in [0.15, 0.2) is 0 Å². The van der Waals surface area contributed by atoms with Gasteiger partial charge in [-0.1, -0.05) is 34.6 Å². The smallest absolute Gasteiger partial charge is 0.334 e. The number of primary amides is 1. The number of imide groups is 3. The van der Waals surface area contributed by atoms with Crippen LogP contribution in [-0.2, 0) is 14.4 Å². The molecule has 12 heteroatoms. The van der Waals surface area contributed by atoms with Crippen LogP contribution in [0, 0.1) is 11.8 Å². The van der Waals surface area contributed by atoms with E-state index < -0.39 is 47.9 Å². The quantitative estimate of drug-likeness (QED) is 0.468. The van der Waals surface area contributed by atoms with E-state index in [2.05, 4.69) is 5.32 Å². The van der Waals surface area contributed by atoms with Crippen LogP contribution in [0.4, 0.5) is 14.4 Å². The molecule has 0 aromatic rings. The zero-order valence-electron chi connectivity index (χ0n) is 22.5. The molecule has 0 aromatic carbocycles. The fraction of sp³-hybridized carbons (Fsp3) is 0.739. The van der Waals surface area contributed by atoms with Gasteiger partial charge in [-0.05, 0) is 31.1 Å². The molecule has 9 amide bonds. The summed E-state index contributed by atoms with van der Waals surface area (Å²) < 4.78 is 0. The van der Waals surface area contributed by atoms with E-state index in [4.69, 9.17) is 5.73 Å². The highest BCUT2D eigenvalue weighted by atomic mass is 16.2. The van der Waals surface area contributed by atoms with E-state index in [1.54, 1.807) is 6.92 Å². The molecule has 35 heavy (non-hydrogen) atoms. The fourth-order valence-corrected chi connectivity index (χ4v) is 3.32. The maximum Gasteiger partial charge on any atom is 0.334 e. The van der Waals surface area contributed by atoms with Gasteiger partial charge in [-0.25, -0.2) is 19.3 Å². The molecular weight excluding hydrogens is 456 g/mol. The Balaban J connectivity index is 5.30. The monoisotopic (exact) mass is 498 g/mol. The van der Waals surface area contributed by atoms with Crippen molar-refractivity contribution in [3.05, 3.63) is 0 Å². The summed E-state index contributed by atoms with van der Waals surface area (Å²) in [6.45, 7) is 9.35. The summed E-state index contributed by atoms with van der Waals surface area (Å²) in [7, 11) is 5.17. The van der Waals surface area contributed by atoms with E-state index in [0.29, 0.717) is 17.7 Å². The van der Waals surface area contributed by atoms with Crippen molar-refractivity contribution in [2.24, 2.45) is 17.6 Å². The fourth-order valence-electron chi connectivity index (χ4n) is 3.32. The maximum atomic E-state index is 13.1. The summed E-state index contributed by atoms with van der Waals surface area (Å²) in [6.07, 6.45) is 1.30. The number of hydrogen-bond acceptors (Lipinski definition) is 6. The Morgan fingerprint density at radius 2 is 1.31 bits per heavy atom. The number of rotatable bonds is 10. The zero-order chi connectivity index (χ0) is 27.6. The summed E-state index contributed by atoms with van der Waals surface area (Å²) in [5.41, 5.74) is 5.47. The lowest BCUT2D eigenvalue weighted by atomic mass is 10.0. The minimum Gasteiger partial charge on any atom is -0.368 e. The lowest BCUT2D eigenvalue weighted by Crippen LogP contribution is -2.57. The zero-order valence-corrected chi connectivity index (χ0v) is 22.5. The van der Waals surface area contributed by atoms with Gasteiger partial charge in [0, 0.05) is 34.6 Å². The number of nitrogens with zero attached hydrogens (tertiary/aromatic N) is 4. The molecular formula is C23H42N6O6. The molecule has 0 radical (unpaired) electrons. The summed E-state index contributed by atoms with van der Waals surface area (Å²) >= 11 is 0. The van der Waals surface area contributed by atoms with Crippen molar-refractivity contribution >= 4 is 35.8 Å². The summed E-state index contributed by atoms with van der Waals surface area (Å²) in [6, 6.07) is -4.70. The van der Waals surface area contributed by atoms with Crippen LogP contribution in [0.1, 0.15) is 60.3 Å². The molecule has 0 aliphatic rings. The van der Waals surface area contributed by atoms with Crippen molar-refractivity contribution in [1.29, 1.82) is 0 Å². The van der Waals surface area contributed by atoms with Crippen LogP contribution >= 0.6 is 0 Å². The Morgan fingerprint density at radius 1 is 0.771 bits per heavy atom. The molecule has 3 N–H and O–H groups in total. The van der Waals surface area contributed by atoms with Gasteiger partial charge in [0.25, 0.3) is 0 Å². The van der Waals surface area contributed by atoms with Gasteiger partial charge in [-0.15, -0.1) is 0 Å². The normalized spacial score (nSPS) is 12.5. The highest BCUT2D eigenvalue weighted by Crippen LogP contribution is 2.15. The molecule has 0 fully saturated rings. The number of carbonyl (C=O) groups excluding carboxylic acids is 6. The lowest BCUT2D eigenvalue weighted by molar-refractivity contribution is -0.141. The Bertz CT molecular complexity index is 799. The van der Waals surface area contributed by atoms with Crippen LogP contribution in [0.25, 0.3) is 0 Å². The minimum atomic E-state index is -1.05. The Hall–Kier alpha value is -3.18. The lowest BCUT2D eigenvalue weighted by Gasteiger charge is -2.34. The summed E-state index contributed by atoms with van der Waals surface area (Å²) in [5, 5.41) is 2.05. The third-order valence-corrected chi connectivity index (χ3v) is 5.70. The van der Waals surface area contributed by atoms with Gasteiger partial charge in [-0.2, -0.15) is 0 Å². The molecule has 0 unspecified atom stereocenters. The van der Waals surface area contributed by atoms with Gasteiger partial charge in [-0.3, -0.25) is 24.6 Å². The number of amides is 9. The molecule has 0 rings (SSSR count). The third-order valence-electron chi connectivity index (χ3n) is 5.70. The number of urea groups is 3. The number of nitrogens with one attached hydrogen (secondary N) is 1. The predicted molar refractivity (Wildman–Crippen MR) is 131 cm³/mol. The van der Waals surface area contributed by atoms with Gasteiger partial charge in [0.2, 0.25) is 17.7 Å². The highest BCUT2D eigenvalue weighted by molar-refractivity contribution is 6.05. The molecule has 0 spiro atoms. The Morgan fingerprint density at radius 3 is 1.74 bits per heavy atom. The molecule has 12 nitrogen and oxygen atoms in total. The van der Waals surface area contributed by atoms with Crippen molar-refractivity contribution in [1.82, 2.24) is 24.9 Å². The molecule has 0 aromatic heterocycles. The van der Waals surface area contributed by atoms with Crippen LogP contribution in [0.5, 0.6) is 0 Å². The first kappa shape index (κ1) is 31.8. The van der Waals surface area contributed by atoms with Gasteiger partial charge in [0.1, 0.15) is 12.1 Å². The third kappa shape index (κ3) is 9.53. The maximum absolute atomic E-state index is 13.1. The van der Waals surface area contributed by atoms with Crippen LogP contribution in [-0.4, -0.2) is 95.7 Å². The second-order valence-corrected chi connectivity index (χ2v) is 9.49. The minimum absolute atomic E-state index is 0.102. The van der Waals surface area contributed by atoms with E-state index in [-0.39, 0.29) is 24.7 Å². The SMILES string of the molecule is CC[C@H](C(=O)N(C)[C@@H](CC(C)C)C(N)=O)N(C)C(=O)NC(=O)N(C)C(=O)N(C)C(=O)CCC(C)C. The number of carbonyl (C=O) groups is 6. The van der Waals surface area contributed by atoms with Crippen LogP contribution < -0.4 is 11.1 Å². The van der Waals surface area contributed by atoms with E-state index in [0.717, 1.165) is 16.8 Å². The molecule has 0 aliphatic heterocycles. The Labute approximate surface area is 208 Å². The largest absolute Gasteiger partial charge is 0.368 e.